The molecule has 28 heavy (non-hydrogen) atoms. The molecule has 0 saturated carbocycles. The fraction of sp³-hybridized carbons (Fsp3) is 0.136. The Labute approximate surface area is 162 Å². The number of amides is 1. The average Bonchev–Trinajstić information content (AvgIpc) is 3.08. The van der Waals surface area contributed by atoms with E-state index in [1.54, 1.807) is 28.9 Å². The molecule has 4 rings (SSSR count). The van der Waals surface area contributed by atoms with Crippen molar-refractivity contribution < 1.29 is 9.53 Å². The van der Waals surface area contributed by atoms with Crippen molar-refractivity contribution in [2.75, 3.05) is 11.9 Å². The number of hydrogen-bond acceptors (Lipinski definition) is 4. The van der Waals surface area contributed by atoms with Crippen molar-refractivity contribution in [3.8, 4) is 11.6 Å². The molecule has 140 valence electrons. The van der Waals surface area contributed by atoms with Crippen molar-refractivity contribution in [2.45, 2.75) is 13.8 Å². The normalized spacial score (nSPS) is 10.8. The first-order chi connectivity index (χ1) is 13.6. The molecule has 0 spiro atoms. The number of carbonyl (C=O) groups excluding carboxylic acids is 1. The van der Waals surface area contributed by atoms with E-state index < -0.39 is 0 Å². The Balaban J connectivity index is 1.62. The monoisotopic (exact) mass is 372 g/mol. The summed E-state index contributed by atoms with van der Waals surface area (Å²) in [6.07, 6.45) is 0. The third-order valence-corrected chi connectivity index (χ3v) is 4.30. The van der Waals surface area contributed by atoms with E-state index in [1.165, 1.54) is 0 Å². The summed E-state index contributed by atoms with van der Waals surface area (Å²) in [6, 6.07) is 20.6. The second-order valence-corrected chi connectivity index (χ2v) is 6.36. The Bertz CT molecular complexity index is 1130. The summed E-state index contributed by atoms with van der Waals surface area (Å²) >= 11 is 0. The zero-order valence-corrected chi connectivity index (χ0v) is 15.7. The highest BCUT2D eigenvalue weighted by Gasteiger charge is 2.14. The van der Waals surface area contributed by atoms with Gasteiger partial charge in [-0.2, -0.15) is 9.78 Å². The molecule has 6 heteroatoms. The number of fused-ring (bicyclic) bond motifs is 1. The highest BCUT2D eigenvalue weighted by Crippen LogP contribution is 2.20. The van der Waals surface area contributed by atoms with Crippen molar-refractivity contribution >= 4 is 22.6 Å². The molecule has 4 aromatic rings. The first-order valence-electron chi connectivity index (χ1n) is 9.11. The van der Waals surface area contributed by atoms with Crippen LogP contribution in [-0.4, -0.2) is 27.3 Å². The number of anilines is 1. The molecule has 2 heterocycles. The van der Waals surface area contributed by atoms with Crippen molar-refractivity contribution in [2.24, 2.45) is 0 Å². The largest absolute Gasteiger partial charge is 0.494 e. The summed E-state index contributed by atoms with van der Waals surface area (Å²) in [5.74, 6) is 1.73. The maximum atomic E-state index is 12.7. The van der Waals surface area contributed by atoms with Crippen molar-refractivity contribution in [3.63, 3.8) is 0 Å². The molecular formula is C22H20N4O2. The average molecular weight is 372 g/mol. The van der Waals surface area contributed by atoms with Crippen LogP contribution in [0.15, 0.2) is 66.7 Å². The van der Waals surface area contributed by atoms with Gasteiger partial charge in [0.05, 0.1) is 17.8 Å². The number of nitrogens with one attached hydrogen (secondary N) is 1. The van der Waals surface area contributed by atoms with Gasteiger partial charge in [0.2, 0.25) is 0 Å². The van der Waals surface area contributed by atoms with Crippen molar-refractivity contribution in [1.29, 1.82) is 0 Å². The Morgan fingerprint density at radius 2 is 1.86 bits per heavy atom. The van der Waals surface area contributed by atoms with Gasteiger partial charge >= 0.3 is 0 Å². The van der Waals surface area contributed by atoms with Crippen LogP contribution < -0.4 is 10.1 Å². The van der Waals surface area contributed by atoms with Crippen LogP contribution in [0.2, 0.25) is 0 Å². The Morgan fingerprint density at radius 3 is 2.64 bits per heavy atom. The maximum absolute atomic E-state index is 12.7. The lowest BCUT2D eigenvalue weighted by molar-refractivity contribution is 0.102. The first-order valence-corrected chi connectivity index (χ1v) is 9.11. The van der Waals surface area contributed by atoms with E-state index in [0.29, 0.717) is 23.8 Å². The molecule has 0 bridgehead atoms. The molecule has 1 amide bonds. The quantitative estimate of drug-likeness (QED) is 0.564. The van der Waals surface area contributed by atoms with Crippen molar-refractivity contribution in [3.05, 3.63) is 78.0 Å². The predicted molar refractivity (Wildman–Crippen MR) is 109 cm³/mol. The lowest BCUT2D eigenvalue weighted by atomic mass is 10.2. The molecule has 0 fully saturated rings. The number of benzene rings is 2. The van der Waals surface area contributed by atoms with Gasteiger partial charge in [0.15, 0.2) is 5.82 Å². The molecule has 2 aromatic carbocycles. The van der Waals surface area contributed by atoms with E-state index in [-0.39, 0.29) is 5.91 Å². The Morgan fingerprint density at radius 1 is 1.07 bits per heavy atom. The lowest BCUT2D eigenvalue weighted by Gasteiger charge is -2.09. The molecular weight excluding hydrogens is 352 g/mol. The number of aromatic nitrogens is 3. The highest BCUT2D eigenvalue weighted by molar-refractivity contribution is 6.04. The van der Waals surface area contributed by atoms with Gasteiger partial charge in [0.25, 0.3) is 5.91 Å². The van der Waals surface area contributed by atoms with E-state index in [2.05, 4.69) is 15.4 Å². The molecule has 0 radical (unpaired) electrons. The van der Waals surface area contributed by atoms with E-state index in [4.69, 9.17) is 4.74 Å². The van der Waals surface area contributed by atoms with E-state index in [9.17, 15) is 4.79 Å². The van der Waals surface area contributed by atoms with Gasteiger partial charge in [0, 0.05) is 17.0 Å². The molecule has 0 aliphatic rings. The number of nitrogens with zero attached hydrogens (tertiary/aromatic N) is 3. The minimum atomic E-state index is -0.218. The number of hydrogen-bond donors (Lipinski definition) is 1. The summed E-state index contributed by atoms with van der Waals surface area (Å²) in [7, 11) is 0. The molecule has 2 aromatic heterocycles. The van der Waals surface area contributed by atoms with Crippen LogP contribution in [0.25, 0.3) is 16.7 Å². The second kappa shape index (κ2) is 7.52. The summed E-state index contributed by atoms with van der Waals surface area (Å²) in [6.45, 7) is 4.39. The van der Waals surface area contributed by atoms with Gasteiger partial charge in [-0.3, -0.25) is 4.79 Å². The van der Waals surface area contributed by atoms with Gasteiger partial charge in [-0.15, -0.1) is 0 Å². The molecule has 1 N–H and O–H groups in total. The standard InChI is InChI=1S/C22H20N4O2/c1-3-28-18-11-8-17(9-12-18)22(27)24-21-14-15(2)25-26(21)20-13-10-16-6-4-5-7-19(16)23-20/h4-14H,3H2,1-2H3,(H,24,27). The summed E-state index contributed by atoms with van der Waals surface area (Å²) in [5, 5.41) is 8.47. The molecule has 0 aliphatic heterocycles. The first kappa shape index (κ1) is 17.7. The van der Waals surface area contributed by atoms with Gasteiger partial charge < -0.3 is 10.1 Å². The maximum Gasteiger partial charge on any atom is 0.256 e. The fourth-order valence-electron chi connectivity index (χ4n) is 2.99. The van der Waals surface area contributed by atoms with Gasteiger partial charge in [-0.05, 0) is 56.3 Å². The Kier molecular flexibility index (Phi) is 4.76. The zero-order chi connectivity index (χ0) is 19.5. The highest BCUT2D eigenvalue weighted by atomic mass is 16.5. The minimum Gasteiger partial charge on any atom is -0.494 e. The molecule has 0 aliphatic carbocycles. The predicted octanol–water partition coefficient (Wildman–Crippen LogP) is 4.38. The van der Waals surface area contributed by atoms with Crippen molar-refractivity contribution in [1.82, 2.24) is 14.8 Å². The van der Waals surface area contributed by atoms with E-state index in [1.807, 2.05) is 56.3 Å². The minimum absolute atomic E-state index is 0.218. The van der Waals surface area contributed by atoms with Crippen LogP contribution in [0.5, 0.6) is 5.75 Å². The van der Waals surface area contributed by atoms with Gasteiger partial charge in [-0.1, -0.05) is 18.2 Å². The third kappa shape index (κ3) is 3.57. The molecule has 6 nitrogen and oxygen atoms in total. The number of pyridine rings is 1. The third-order valence-electron chi connectivity index (χ3n) is 4.30. The number of para-hydroxylation sites is 1. The van der Waals surface area contributed by atoms with Crippen LogP contribution in [0, 0.1) is 6.92 Å². The lowest BCUT2D eigenvalue weighted by Crippen LogP contribution is -2.15. The summed E-state index contributed by atoms with van der Waals surface area (Å²) in [4.78, 5) is 17.3. The van der Waals surface area contributed by atoms with Gasteiger partial charge in [0.1, 0.15) is 11.6 Å². The number of ether oxygens (including phenoxy) is 1. The van der Waals surface area contributed by atoms with E-state index >= 15 is 0 Å². The number of rotatable bonds is 5. The van der Waals surface area contributed by atoms with E-state index in [0.717, 1.165) is 22.3 Å². The van der Waals surface area contributed by atoms with Crippen LogP contribution in [0.4, 0.5) is 5.82 Å². The van der Waals surface area contributed by atoms with Gasteiger partial charge in [-0.25, -0.2) is 4.98 Å². The zero-order valence-electron chi connectivity index (χ0n) is 15.7. The van der Waals surface area contributed by atoms with Crippen LogP contribution in [-0.2, 0) is 0 Å². The SMILES string of the molecule is CCOc1ccc(C(=O)Nc2cc(C)nn2-c2ccc3ccccc3n2)cc1. The van der Waals surface area contributed by atoms with Crippen LogP contribution >= 0.6 is 0 Å². The summed E-state index contributed by atoms with van der Waals surface area (Å²) in [5.41, 5.74) is 2.20. The van der Waals surface area contributed by atoms with Crippen LogP contribution in [0.3, 0.4) is 0 Å². The number of carbonyl (C=O) groups is 1. The number of aryl methyl sites for hydroxylation is 1. The second-order valence-electron chi connectivity index (χ2n) is 6.36. The Hall–Kier alpha value is -3.67. The molecule has 0 unspecified atom stereocenters. The smallest absolute Gasteiger partial charge is 0.256 e. The fourth-order valence-corrected chi connectivity index (χ4v) is 2.99. The summed E-state index contributed by atoms with van der Waals surface area (Å²) < 4.78 is 7.07. The topological polar surface area (TPSA) is 69.0 Å². The van der Waals surface area contributed by atoms with Crippen LogP contribution in [0.1, 0.15) is 23.0 Å². The molecule has 0 saturated heterocycles. The molecule has 0 atom stereocenters.